The van der Waals surface area contributed by atoms with Gasteiger partial charge in [0.15, 0.2) is 0 Å². The van der Waals surface area contributed by atoms with E-state index in [0.717, 1.165) is 34.6 Å². The molecule has 2 aromatic rings. The van der Waals surface area contributed by atoms with Gasteiger partial charge in [0.1, 0.15) is 5.75 Å². The zero-order chi connectivity index (χ0) is 13.4. The van der Waals surface area contributed by atoms with E-state index in [9.17, 15) is 4.79 Å². The average Bonchev–Trinajstić information content (AvgIpc) is 2.98. The first-order valence-corrected chi connectivity index (χ1v) is 7.31. The predicted octanol–water partition coefficient (Wildman–Crippen LogP) is 3.78. The molecule has 3 rings (SSSR count). The molecule has 2 nitrogen and oxygen atoms in total. The van der Waals surface area contributed by atoms with E-state index in [2.05, 4.69) is 6.07 Å². The van der Waals surface area contributed by atoms with Crippen molar-refractivity contribution in [2.75, 3.05) is 7.11 Å². The van der Waals surface area contributed by atoms with Crippen LogP contribution in [0.2, 0.25) is 0 Å². The molecule has 0 unspecified atom stereocenters. The third-order valence-corrected chi connectivity index (χ3v) is 4.86. The van der Waals surface area contributed by atoms with Crippen molar-refractivity contribution in [2.24, 2.45) is 0 Å². The maximum absolute atomic E-state index is 12.5. The van der Waals surface area contributed by atoms with Gasteiger partial charge in [0.05, 0.1) is 12.0 Å². The highest BCUT2D eigenvalue weighted by Crippen LogP contribution is 2.32. The molecule has 0 radical (unpaired) electrons. The van der Waals surface area contributed by atoms with E-state index in [1.54, 1.807) is 18.4 Å². The van der Waals surface area contributed by atoms with E-state index in [4.69, 9.17) is 4.74 Å². The van der Waals surface area contributed by atoms with Gasteiger partial charge in [-0.25, -0.2) is 0 Å². The normalized spacial score (nSPS) is 13.4. The summed E-state index contributed by atoms with van der Waals surface area (Å²) < 4.78 is 5.23. The van der Waals surface area contributed by atoms with Crippen LogP contribution >= 0.6 is 11.3 Å². The van der Waals surface area contributed by atoms with Crippen LogP contribution in [-0.2, 0) is 12.8 Å². The fourth-order valence-electron chi connectivity index (χ4n) is 2.60. The second kappa shape index (κ2) is 4.82. The molecule has 0 bridgehead atoms. The van der Waals surface area contributed by atoms with E-state index in [1.165, 1.54) is 16.9 Å². The molecule has 0 saturated carbocycles. The van der Waals surface area contributed by atoms with Gasteiger partial charge in [0.2, 0.25) is 5.78 Å². The van der Waals surface area contributed by atoms with E-state index in [0.29, 0.717) is 0 Å². The monoisotopic (exact) mass is 272 g/mol. The number of hydrogen-bond acceptors (Lipinski definition) is 3. The molecule has 1 aromatic carbocycles. The molecular formula is C16H16O2S. The zero-order valence-corrected chi connectivity index (χ0v) is 12.0. The summed E-state index contributed by atoms with van der Waals surface area (Å²) in [6.45, 7) is 1.96. The Morgan fingerprint density at radius 3 is 2.79 bits per heavy atom. The minimum absolute atomic E-state index is 0.130. The first kappa shape index (κ1) is 12.4. The van der Waals surface area contributed by atoms with Crippen LogP contribution in [0.15, 0.2) is 24.3 Å². The first-order valence-electron chi connectivity index (χ1n) is 6.50. The highest BCUT2D eigenvalue weighted by molar-refractivity contribution is 7.14. The summed E-state index contributed by atoms with van der Waals surface area (Å²) in [5, 5.41) is 0. The van der Waals surface area contributed by atoms with E-state index < -0.39 is 0 Å². The molecular weight excluding hydrogens is 256 g/mol. The summed E-state index contributed by atoms with van der Waals surface area (Å²) in [6, 6.07) is 7.70. The summed E-state index contributed by atoms with van der Waals surface area (Å²) in [7, 11) is 1.65. The molecule has 0 N–H and O–H groups in total. The van der Waals surface area contributed by atoms with Crippen molar-refractivity contribution in [3.05, 3.63) is 50.7 Å². The number of thiophene rings is 1. The number of carbonyl (C=O) groups is 1. The topological polar surface area (TPSA) is 26.3 Å². The minimum atomic E-state index is 0.130. The van der Waals surface area contributed by atoms with Crippen LogP contribution in [0.4, 0.5) is 0 Å². The molecule has 98 valence electrons. The van der Waals surface area contributed by atoms with Crippen LogP contribution in [0.3, 0.4) is 0 Å². The summed E-state index contributed by atoms with van der Waals surface area (Å²) >= 11 is 1.66. The van der Waals surface area contributed by atoms with Gasteiger partial charge in [-0.05, 0) is 61.6 Å². The number of ketones is 1. The largest absolute Gasteiger partial charge is 0.496 e. The average molecular weight is 272 g/mol. The SMILES string of the molecule is COc1ccc(C(=O)c2cc3c(s2)CCC3)cc1C. The maximum Gasteiger partial charge on any atom is 0.202 e. The van der Waals surface area contributed by atoms with Crippen LogP contribution < -0.4 is 4.74 Å². The molecule has 0 spiro atoms. The highest BCUT2D eigenvalue weighted by Gasteiger charge is 2.19. The van der Waals surface area contributed by atoms with E-state index >= 15 is 0 Å². The lowest BCUT2D eigenvalue weighted by Crippen LogP contribution is -2.00. The summed E-state index contributed by atoms with van der Waals surface area (Å²) in [4.78, 5) is 14.7. The van der Waals surface area contributed by atoms with Gasteiger partial charge in [-0.1, -0.05) is 0 Å². The number of methoxy groups -OCH3 is 1. The summed E-state index contributed by atoms with van der Waals surface area (Å²) in [5.41, 5.74) is 3.12. The maximum atomic E-state index is 12.5. The van der Waals surface area contributed by atoms with Crippen molar-refractivity contribution in [1.29, 1.82) is 0 Å². The van der Waals surface area contributed by atoms with Crippen molar-refractivity contribution < 1.29 is 9.53 Å². The minimum Gasteiger partial charge on any atom is -0.496 e. The Morgan fingerprint density at radius 1 is 1.26 bits per heavy atom. The molecule has 0 aliphatic heterocycles. The second-order valence-corrected chi connectivity index (χ2v) is 6.06. The van der Waals surface area contributed by atoms with Gasteiger partial charge in [0, 0.05) is 10.4 Å². The highest BCUT2D eigenvalue weighted by atomic mass is 32.1. The lowest BCUT2D eigenvalue weighted by atomic mass is 10.1. The molecule has 19 heavy (non-hydrogen) atoms. The van der Waals surface area contributed by atoms with Crippen molar-refractivity contribution in [3.8, 4) is 5.75 Å². The Labute approximate surface area is 117 Å². The smallest absolute Gasteiger partial charge is 0.202 e. The van der Waals surface area contributed by atoms with Crippen molar-refractivity contribution in [1.82, 2.24) is 0 Å². The second-order valence-electron chi connectivity index (χ2n) is 4.93. The lowest BCUT2D eigenvalue weighted by molar-refractivity contribution is 0.104. The van der Waals surface area contributed by atoms with Crippen molar-refractivity contribution >= 4 is 17.1 Å². The van der Waals surface area contributed by atoms with Crippen molar-refractivity contribution in [3.63, 3.8) is 0 Å². The molecule has 0 fully saturated rings. The van der Waals surface area contributed by atoms with Gasteiger partial charge in [0.25, 0.3) is 0 Å². The number of carbonyl (C=O) groups excluding carboxylic acids is 1. The molecule has 1 heterocycles. The molecule has 1 aromatic heterocycles. The Kier molecular flexibility index (Phi) is 3.15. The first-order chi connectivity index (χ1) is 9.19. The number of rotatable bonds is 3. The molecule has 0 saturated heterocycles. The van der Waals surface area contributed by atoms with Gasteiger partial charge in [-0.3, -0.25) is 4.79 Å². The van der Waals surface area contributed by atoms with Crippen LogP contribution in [0.25, 0.3) is 0 Å². The summed E-state index contributed by atoms with van der Waals surface area (Å²) in [6.07, 6.45) is 3.49. The van der Waals surface area contributed by atoms with Gasteiger partial charge in [-0.2, -0.15) is 0 Å². The Balaban J connectivity index is 1.92. The third kappa shape index (κ3) is 2.19. The number of ether oxygens (including phenoxy) is 1. The number of benzene rings is 1. The van der Waals surface area contributed by atoms with Crippen molar-refractivity contribution in [2.45, 2.75) is 26.2 Å². The predicted molar refractivity (Wildman–Crippen MR) is 77.5 cm³/mol. The fourth-order valence-corrected chi connectivity index (χ4v) is 3.82. The fraction of sp³-hybridized carbons (Fsp3) is 0.312. The molecule has 0 amide bonds. The quantitative estimate of drug-likeness (QED) is 0.795. The van der Waals surface area contributed by atoms with Gasteiger partial charge >= 0.3 is 0 Å². The van der Waals surface area contributed by atoms with Crippen LogP contribution in [0.5, 0.6) is 5.75 Å². The summed E-state index contributed by atoms with van der Waals surface area (Å²) in [5.74, 6) is 0.954. The number of hydrogen-bond donors (Lipinski definition) is 0. The van der Waals surface area contributed by atoms with E-state index in [-0.39, 0.29) is 5.78 Å². The Bertz CT molecular complexity index is 619. The molecule has 1 aliphatic carbocycles. The standard InChI is InChI=1S/C16H16O2S/c1-10-8-12(6-7-13(10)18-2)16(17)15-9-11-4-3-5-14(11)19-15/h6-9H,3-5H2,1-2H3. The molecule has 1 aliphatic rings. The van der Waals surface area contributed by atoms with Crippen LogP contribution in [0, 0.1) is 6.92 Å². The molecule has 3 heteroatoms. The number of aryl methyl sites for hydroxylation is 3. The van der Waals surface area contributed by atoms with Crippen LogP contribution in [0.1, 0.15) is 37.7 Å². The van der Waals surface area contributed by atoms with Crippen LogP contribution in [-0.4, -0.2) is 12.9 Å². The third-order valence-electron chi connectivity index (χ3n) is 3.63. The Hall–Kier alpha value is -1.61. The zero-order valence-electron chi connectivity index (χ0n) is 11.2. The number of fused-ring (bicyclic) bond motifs is 1. The Morgan fingerprint density at radius 2 is 2.11 bits per heavy atom. The molecule has 0 atom stereocenters. The van der Waals surface area contributed by atoms with Gasteiger partial charge < -0.3 is 4.74 Å². The van der Waals surface area contributed by atoms with Gasteiger partial charge in [-0.15, -0.1) is 11.3 Å². The lowest BCUT2D eigenvalue weighted by Gasteiger charge is -2.06. The van der Waals surface area contributed by atoms with E-state index in [1.807, 2.05) is 25.1 Å².